The third-order valence-electron chi connectivity index (χ3n) is 4.63. The number of hydrogen-bond acceptors (Lipinski definition) is 5. The van der Waals surface area contributed by atoms with Gasteiger partial charge in [-0.1, -0.05) is 0 Å². The number of ether oxygens (including phenoxy) is 3. The van der Waals surface area contributed by atoms with E-state index in [1.807, 2.05) is 17.4 Å². The van der Waals surface area contributed by atoms with Crippen LogP contribution in [0.3, 0.4) is 0 Å². The van der Waals surface area contributed by atoms with Crippen LogP contribution in [0.1, 0.15) is 29.2 Å². The SMILES string of the molecule is COc1cc(OC)c(C(=O)N2CCC(n3ccnc3)CC2)cc1OC. The fourth-order valence-corrected chi connectivity index (χ4v) is 3.22. The number of imidazole rings is 1. The molecule has 1 fully saturated rings. The quantitative estimate of drug-likeness (QED) is 0.832. The molecule has 0 N–H and O–H groups in total. The molecular formula is C18H23N3O4. The molecule has 0 unspecified atom stereocenters. The average Bonchev–Trinajstić information content (AvgIpc) is 3.21. The number of likely N-dealkylation sites (tertiary alicyclic amines) is 1. The number of methoxy groups -OCH3 is 3. The molecule has 1 aromatic heterocycles. The van der Waals surface area contributed by atoms with Crippen LogP contribution in [0.5, 0.6) is 17.2 Å². The van der Waals surface area contributed by atoms with Crippen LogP contribution >= 0.6 is 0 Å². The molecule has 0 aliphatic carbocycles. The summed E-state index contributed by atoms with van der Waals surface area (Å²) >= 11 is 0. The third-order valence-corrected chi connectivity index (χ3v) is 4.63. The van der Waals surface area contributed by atoms with E-state index in [0.717, 1.165) is 12.8 Å². The lowest BCUT2D eigenvalue weighted by atomic mass is 10.0. The number of carbonyl (C=O) groups is 1. The Labute approximate surface area is 147 Å². The molecule has 1 aliphatic rings. The van der Waals surface area contributed by atoms with Gasteiger partial charge in [0.25, 0.3) is 5.91 Å². The molecule has 2 heterocycles. The van der Waals surface area contributed by atoms with Gasteiger partial charge in [0.1, 0.15) is 5.75 Å². The van der Waals surface area contributed by atoms with Crippen molar-refractivity contribution >= 4 is 5.91 Å². The predicted octanol–water partition coefficient (Wildman–Crippen LogP) is 2.39. The molecule has 0 atom stereocenters. The van der Waals surface area contributed by atoms with E-state index in [-0.39, 0.29) is 5.91 Å². The molecule has 134 valence electrons. The summed E-state index contributed by atoms with van der Waals surface area (Å²) in [6.45, 7) is 1.39. The minimum atomic E-state index is -0.0538. The van der Waals surface area contributed by atoms with Gasteiger partial charge in [-0.2, -0.15) is 0 Å². The summed E-state index contributed by atoms with van der Waals surface area (Å²) in [6.07, 6.45) is 7.39. The van der Waals surface area contributed by atoms with Gasteiger partial charge in [0.2, 0.25) is 0 Å². The van der Waals surface area contributed by atoms with E-state index < -0.39 is 0 Å². The first kappa shape index (κ1) is 17.1. The third kappa shape index (κ3) is 3.40. The highest BCUT2D eigenvalue weighted by atomic mass is 16.5. The van der Waals surface area contributed by atoms with Crippen molar-refractivity contribution in [2.45, 2.75) is 18.9 Å². The summed E-state index contributed by atoms with van der Waals surface area (Å²) in [5.41, 5.74) is 0.487. The second-order valence-corrected chi connectivity index (χ2v) is 5.94. The highest BCUT2D eigenvalue weighted by molar-refractivity contribution is 5.98. The largest absolute Gasteiger partial charge is 0.496 e. The summed E-state index contributed by atoms with van der Waals surface area (Å²) in [5.74, 6) is 1.48. The zero-order valence-electron chi connectivity index (χ0n) is 14.8. The zero-order chi connectivity index (χ0) is 17.8. The van der Waals surface area contributed by atoms with Crippen LogP contribution in [-0.2, 0) is 0 Å². The lowest BCUT2D eigenvalue weighted by Crippen LogP contribution is -2.39. The Balaban J connectivity index is 1.77. The molecule has 0 bridgehead atoms. The van der Waals surface area contributed by atoms with Crippen molar-refractivity contribution in [1.82, 2.24) is 14.5 Å². The van der Waals surface area contributed by atoms with Crippen molar-refractivity contribution < 1.29 is 19.0 Å². The van der Waals surface area contributed by atoms with Crippen molar-refractivity contribution in [3.05, 3.63) is 36.4 Å². The van der Waals surface area contributed by atoms with Crippen molar-refractivity contribution in [1.29, 1.82) is 0 Å². The van der Waals surface area contributed by atoms with Gasteiger partial charge in [-0.25, -0.2) is 4.98 Å². The Morgan fingerprint density at radius 3 is 2.24 bits per heavy atom. The number of benzene rings is 1. The van der Waals surface area contributed by atoms with Crippen molar-refractivity contribution in [2.75, 3.05) is 34.4 Å². The molecule has 0 saturated carbocycles. The standard InChI is InChI=1S/C18H23N3O4/c1-23-15-11-17(25-3)16(24-2)10-14(15)18(22)20-7-4-13(5-8-20)21-9-6-19-12-21/h6,9-13H,4-5,7-8H2,1-3H3. The minimum Gasteiger partial charge on any atom is -0.496 e. The number of aromatic nitrogens is 2. The fraction of sp³-hybridized carbons (Fsp3) is 0.444. The van der Waals surface area contributed by atoms with E-state index in [1.165, 1.54) is 0 Å². The van der Waals surface area contributed by atoms with Crippen LogP contribution in [-0.4, -0.2) is 54.8 Å². The second-order valence-electron chi connectivity index (χ2n) is 5.94. The van der Waals surface area contributed by atoms with E-state index in [0.29, 0.717) is 41.9 Å². The summed E-state index contributed by atoms with van der Waals surface area (Å²) < 4.78 is 18.1. The van der Waals surface area contributed by atoms with E-state index in [2.05, 4.69) is 9.55 Å². The topological polar surface area (TPSA) is 65.8 Å². The van der Waals surface area contributed by atoms with Gasteiger partial charge in [-0.05, 0) is 12.8 Å². The Bertz CT molecular complexity index is 722. The van der Waals surface area contributed by atoms with Gasteiger partial charge in [-0.15, -0.1) is 0 Å². The van der Waals surface area contributed by atoms with Gasteiger partial charge < -0.3 is 23.7 Å². The maximum Gasteiger partial charge on any atom is 0.257 e. The fourth-order valence-electron chi connectivity index (χ4n) is 3.22. The second kappa shape index (κ2) is 7.46. The zero-order valence-corrected chi connectivity index (χ0v) is 14.8. The van der Waals surface area contributed by atoms with Crippen LogP contribution in [0.25, 0.3) is 0 Å². The first-order valence-corrected chi connectivity index (χ1v) is 8.24. The molecule has 2 aromatic rings. The van der Waals surface area contributed by atoms with Crippen LogP contribution in [0.4, 0.5) is 0 Å². The summed E-state index contributed by atoms with van der Waals surface area (Å²) in [5, 5.41) is 0. The van der Waals surface area contributed by atoms with Crippen LogP contribution in [0.2, 0.25) is 0 Å². The number of rotatable bonds is 5. The minimum absolute atomic E-state index is 0.0538. The first-order valence-electron chi connectivity index (χ1n) is 8.24. The highest BCUT2D eigenvalue weighted by Gasteiger charge is 2.27. The Hall–Kier alpha value is -2.70. The Kier molecular flexibility index (Phi) is 5.11. The molecule has 7 nitrogen and oxygen atoms in total. The maximum atomic E-state index is 13.0. The summed E-state index contributed by atoms with van der Waals surface area (Å²) in [7, 11) is 4.65. The monoisotopic (exact) mass is 345 g/mol. The predicted molar refractivity (Wildman–Crippen MR) is 92.5 cm³/mol. The molecule has 0 radical (unpaired) electrons. The molecule has 1 aliphatic heterocycles. The molecule has 1 amide bonds. The highest BCUT2D eigenvalue weighted by Crippen LogP contribution is 2.35. The van der Waals surface area contributed by atoms with Gasteiger partial charge in [0.05, 0.1) is 33.2 Å². The number of piperidine rings is 1. The van der Waals surface area contributed by atoms with Crippen LogP contribution in [0, 0.1) is 0 Å². The molecule has 1 aromatic carbocycles. The van der Waals surface area contributed by atoms with Crippen molar-refractivity contribution in [3.8, 4) is 17.2 Å². The summed E-state index contributed by atoms with van der Waals surface area (Å²) in [4.78, 5) is 18.9. The number of hydrogen-bond donors (Lipinski definition) is 0. The van der Waals surface area contributed by atoms with E-state index >= 15 is 0 Å². The lowest BCUT2D eigenvalue weighted by Gasteiger charge is -2.33. The molecule has 0 spiro atoms. The number of nitrogens with zero attached hydrogens (tertiary/aromatic N) is 3. The number of carbonyl (C=O) groups excluding carboxylic acids is 1. The van der Waals surface area contributed by atoms with E-state index in [9.17, 15) is 4.79 Å². The van der Waals surface area contributed by atoms with Gasteiger partial charge in [0.15, 0.2) is 11.5 Å². The molecular weight excluding hydrogens is 322 g/mol. The van der Waals surface area contributed by atoms with Gasteiger partial charge in [0, 0.05) is 43.7 Å². The van der Waals surface area contributed by atoms with Gasteiger partial charge in [-0.3, -0.25) is 4.79 Å². The lowest BCUT2D eigenvalue weighted by molar-refractivity contribution is 0.0690. The molecule has 25 heavy (non-hydrogen) atoms. The first-order chi connectivity index (χ1) is 12.2. The number of amides is 1. The maximum absolute atomic E-state index is 13.0. The molecule has 3 rings (SSSR count). The van der Waals surface area contributed by atoms with Gasteiger partial charge >= 0.3 is 0 Å². The van der Waals surface area contributed by atoms with E-state index in [4.69, 9.17) is 14.2 Å². The van der Waals surface area contributed by atoms with Crippen LogP contribution < -0.4 is 14.2 Å². The smallest absolute Gasteiger partial charge is 0.257 e. The van der Waals surface area contributed by atoms with Crippen molar-refractivity contribution in [2.24, 2.45) is 0 Å². The average molecular weight is 345 g/mol. The Morgan fingerprint density at radius 1 is 1.04 bits per heavy atom. The summed E-state index contributed by atoms with van der Waals surface area (Å²) in [6, 6.07) is 3.76. The normalized spacial score (nSPS) is 15.1. The van der Waals surface area contributed by atoms with Crippen LogP contribution in [0.15, 0.2) is 30.9 Å². The molecule has 1 saturated heterocycles. The molecule has 7 heteroatoms. The Morgan fingerprint density at radius 2 is 1.68 bits per heavy atom. The van der Waals surface area contributed by atoms with E-state index in [1.54, 1.807) is 39.7 Å². The van der Waals surface area contributed by atoms with Crippen molar-refractivity contribution in [3.63, 3.8) is 0 Å².